The number of piperidine rings is 1. The van der Waals surface area contributed by atoms with Crippen LogP contribution in [-0.4, -0.2) is 29.9 Å². The maximum absolute atomic E-state index is 12.4. The van der Waals surface area contributed by atoms with Crippen LogP contribution in [0, 0.1) is 5.41 Å². The number of rotatable bonds is 4. The van der Waals surface area contributed by atoms with Crippen LogP contribution in [-0.2, 0) is 11.3 Å². The molecule has 0 aromatic heterocycles. The molecular weight excluding hydrogens is 337 g/mol. The minimum atomic E-state index is -0.627. The summed E-state index contributed by atoms with van der Waals surface area (Å²) in [4.78, 5) is 25.8. The van der Waals surface area contributed by atoms with E-state index in [0.29, 0.717) is 35.1 Å². The van der Waals surface area contributed by atoms with Crippen molar-refractivity contribution in [2.24, 2.45) is 11.1 Å². The van der Waals surface area contributed by atoms with E-state index in [2.05, 4.69) is 5.32 Å². The molecule has 1 heterocycles. The number of primary amides is 1. The molecule has 1 aromatic rings. The van der Waals surface area contributed by atoms with Crippen molar-refractivity contribution in [3.05, 3.63) is 33.8 Å². The van der Waals surface area contributed by atoms with Crippen molar-refractivity contribution in [2.75, 3.05) is 13.1 Å². The molecule has 3 N–H and O–H groups in total. The predicted octanol–water partition coefficient (Wildman–Crippen LogP) is 3.18. The molecule has 126 valence electrons. The highest BCUT2D eigenvalue weighted by Gasteiger charge is 2.40. The fraction of sp³-hybridized carbons (Fsp3) is 0.500. The molecular formula is C16H21Cl2N3O2. The van der Waals surface area contributed by atoms with Crippen molar-refractivity contribution < 1.29 is 9.59 Å². The first kappa shape index (κ1) is 17.9. The normalized spacial score (nSPS) is 21.1. The molecule has 0 spiro atoms. The van der Waals surface area contributed by atoms with Crippen molar-refractivity contribution in [1.29, 1.82) is 0 Å². The lowest BCUT2D eigenvalue weighted by Crippen LogP contribution is -2.54. The first-order valence-corrected chi connectivity index (χ1v) is 8.41. The summed E-state index contributed by atoms with van der Waals surface area (Å²) in [5, 5.41) is 3.84. The summed E-state index contributed by atoms with van der Waals surface area (Å²) >= 11 is 12.2. The lowest BCUT2D eigenvalue weighted by atomic mass is 9.77. The molecule has 3 amide bonds. The number of nitrogens with one attached hydrogen (secondary N) is 1. The van der Waals surface area contributed by atoms with Crippen molar-refractivity contribution in [2.45, 2.75) is 32.7 Å². The van der Waals surface area contributed by atoms with Gasteiger partial charge in [-0.25, -0.2) is 4.79 Å². The number of carbonyl (C=O) groups is 2. The Balaban J connectivity index is 2.02. The molecule has 0 bridgehead atoms. The van der Waals surface area contributed by atoms with Gasteiger partial charge in [0.15, 0.2) is 0 Å². The first-order chi connectivity index (χ1) is 10.9. The highest BCUT2D eigenvalue weighted by atomic mass is 35.5. The number of carbonyl (C=O) groups excluding carboxylic acids is 2. The van der Waals surface area contributed by atoms with Gasteiger partial charge in [-0.1, -0.05) is 36.2 Å². The second-order valence-corrected chi connectivity index (χ2v) is 6.70. The number of likely N-dealkylation sites (tertiary alicyclic amines) is 1. The van der Waals surface area contributed by atoms with E-state index in [0.717, 1.165) is 12.8 Å². The van der Waals surface area contributed by atoms with Crippen molar-refractivity contribution in [1.82, 2.24) is 10.2 Å². The van der Waals surface area contributed by atoms with E-state index in [1.165, 1.54) is 0 Å². The first-order valence-electron chi connectivity index (χ1n) is 7.65. The summed E-state index contributed by atoms with van der Waals surface area (Å²) in [6, 6.07) is 4.97. The van der Waals surface area contributed by atoms with Crippen LogP contribution in [0.2, 0.25) is 10.0 Å². The van der Waals surface area contributed by atoms with Gasteiger partial charge in [0.05, 0.1) is 5.41 Å². The Bertz CT molecular complexity index is 589. The fourth-order valence-corrected chi connectivity index (χ4v) is 3.48. The Morgan fingerprint density at radius 1 is 1.35 bits per heavy atom. The van der Waals surface area contributed by atoms with Gasteiger partial charge in [-0.3, -0.25) is 4.79 Å². The number of urea groups is 1. The van der Waals surface area contributed by atoms with Gasteiger partial charge < -0.3 is 16.0 Å². The Morgan fingerprint density at radius 3 is 2.57 bits per heavy atom. The highest BCUT2D eigenvalue weighted by Crippen LogP contribution is 2.33. The lowest BCUT2D eigenvalue weighted by Gasteiger charge is -2.40. The topological polar surface area (TPSA) is 75.4 Å². The minimum absolute atomic E-state index is 0.236. The van der Waals surface area contributed by atoms with Gasteiger partial charge in [0, 0.05) is 35.2 Å². The van der Waals surface area contributed by atoms with Crippen LogP contribution >= 0.6 is 23.2 Å². The molecule has 1 atom stereocenters. The van der Waals surface area contributed by atoms with Crippen LogP contribution in [0.1, 0.15) is 31.7 Å². The van der Waals surface area contributed by atoms with Crippen molar-refractivity contribution in [3.8, 4) is 0 Å². The highest BCUT2D eigenvalue weighted by molar-refractivity contribution is 6.36. The van der Waals surface area contributed by atoms with Crippen LogP contribution in [0.15, 0.2) is 18.2 Å². The average Bonchev–Trinajstić information content (AvgIpc) is 2.54. The Labute approximate surface area is 146 Å². The molecule has 1 aromatic carbocycles. The molecule has 7 heteroatoms. The summed E-state index contributed by atoms with van der Waals surface area (Å²) < 4.78 is 0. The number of benzene rings is 1. The van der Waals surface area contributed by atoms with Gasteiger partial charge in [0.25, 0.3) is 0 Å². The molecule has 23 heavy (non-hydrogen) atoms. The third-order valence-corrected chi connectivity index (χ3v) is 5.25. The van der Waals surface area contributed by atoms with Crippen LogP contribution in [0.4, 0.5) is 4.79 Å². The molecule has 0 unspecified atom stereocenters. The van der Waals surface area contributed by atoms with Gasteiger partial charge in [-0.05, 0) is 31.4 Å². The van der Waals surface area contributed by atoms with E-state index < -0.39 is 5.41 Å². The standard InChI is InChI=1S/C16H21Cl2N3O2/c1-2-16(14(19)22)7-4-8-21(10-16)15(23)20-9-11-12(17)5-3-6-13(11)18/h3,5-6H,2,4,7-10H2,1H3,(H2,19,22)(H,20,23)/t16-/m1/s1. The van der Waals surface area contributed by atoms with Gasteiger partial charge in [0.1, 0.15) is 0 Å². The fourth-order valence-electron chi connectivity index (χ4n) is 2.95. The molecule has 0 radical (unpaired) electrons. The molecule has 5 nitrogen and oxygen atoms in total. The summed E-state index contributed by atoms with van der Waals surface area (Å²) in [6.07, 6.45) is 2.11. The predicted molar refractivity (Wildman–Crippen MR) is 91.4 cm³/mol. The van der Waals surface area contributed by atoms with Gasteiger partial charge in [0.2, 0.25) is 5.91 Å². The molecule has 1 saturated heterocycles. The maximum atomic E-state index is 12.4. The van der Waals surface area contributed by atoms with Crippen LogP contribution in [0.3, 0.4) is 0 Å². The summed E-state index contributed by atoms with van der Waals surface area (Å²) in [6.45, 7) is 3.12. The second kappa shape index (κ2) is 7.41. The van der Waals surface area contributed by atoms with Crippen molar-refractivity contribution >= 4 is 35.1 Å². The largest absolute Gasteiger partial charge is 0.369 e. The van der Waals surface area contributed by atoms with E-state index in [1.807, 2.05) is 6.92 Å². The second-order valence-electron chi connectivity index (χ2n) is 5.88. The van der Waals surface area contributed by atoms with E-state index in [-0.39, 0.29) is 18.5 Å². The zero-order valence-electron chi connectivity index (χ0n) is 13.1. The van der Waals surface area contributed by atoms with Crippen LogP contribution < -0.4 is 11.1 Å². The molecule has 1 aliphatic heterocycles. The Hall–Kier alpha value is -1.46. The van der Waals surface area contributed by atoms with E-state index in [4.69, 9.17) is 28.9 Å². The molecule has 1 fully saturated rings. The lowest BCUT2D eigenvalue weighted by molar-refractivity contribution is -0.130. The van der Waals surface area contributed by atoms with E-state index >= 15 is 0 Å². The van der Waals surface area contributed by atoms with Gasteiger partial charge in [-0.15, -0.1) is 0 Å². The quantitative estimate of drug-likeness (QED) is 0.867. The van der Waals surface area contributed by atoms with Crippen molar-refractivity contribution in [3.63, 3.8) is 0 Å². The van der Waals surface area contributed by atoms with Crippen LogP contribution in [0.25, 0.3) is 0 Å². The summed E-state index contributed by atoms with van der Waals surface area (Å²) in [5.41, 5.74) is 5.60. The van der Waals surface area contributed by atoms with E-state index in [9.17, 15) is 9.59 Å². The smallest absolute Gasteiger partial charge is 0.317 e. The Kier molecular flexibility index (Phi) is 5.76. The number of halogens is 2. The van der Waals surface area contributed by atoms with Crippen LogP contribution in [0.5, 0.6) is 0 Å². The number of nitrogens with zero attached hydrogens (tertiary/aromatic N) is 1. The number of hydrogen-bond acceptors (Lipinski definition) is 2. The number of hydrogen-bond donors (Lipinski definition) is 2. The monoisotopic (exact) mass is 357 g/mol. The van der Waals surface area contributed by atoms with Gasteiger partial charge >= 0.3 is 6.03 Å². The SMILES string of the molecule is CC[C@@]1(C(N)=O)CCCN(C(=O)NCc2c(Cl)cccc2Cl)C1. The molecule has 1 aliphatic rings. The molecule has 0 saturated carbocycles. The third-order valence-electron chi connectivity index (χ3n) is 4.54. The number of nitrogens with two attached hydrogens (primary N) is 1. The maximum Gasteiger partial charge on any atom is 0.317 e. The summed E-state index contributed by atoms with van der Waals surface area (Å²) in [7, 11) is 0. The van der Waals surface area contributed by atoms with E-state index in [1.54, 1.807) is 23.1 Å². The third kappa shape index (κ3) is 3.90. The molecule has 2 rings (SSSR count). The Morgan fingerprint density at radius 2 is 2.00 bits per heavy atom. The minimum Gasteiger partial charge on any atom is -0.369 e. The molecule has 0 aliphatic carbocycles. The van der Waals surface area contributed by atoms with Gasteiger partial charge in [-0.2, -0.15) is 0 Å². The average molecular weight is 358 g/mol. The zero-order chi connectivity index (χ0) is 17.0. The zero-order valence-corrected chi connectivity index (χ0v) is 14.6. The summed E-state index contributed by atoms with van der Waals surface area (Å²) in [5.74, 6) is -0.341. The number of amides is 3.